The normalized spacial score (nSPS) is 14.0. The van der Waals surface area contributed by atoms with Crippen LogP contribution in [0.5, 0.6) is 0 Å². The number of carboxylic acid groups (broad SMARTS) is 1. The maximum atomic E-state index is 12.8. The first-order valence-corrected chi connectivity index (χ1v) is 10.5. The molecule has 3 amide bonds. The van der Waals surface area contributed by atoms with Crippen LogP contribution in [0.3, 0.4) is 0 Å². The van der Waals surface area contributed by atoms with E-state index in [1.807, 2.05) is 0 Å². The molecule has 15 N–H and O–H groups in total. The molecule has 0 fully saturated rings. The van der Waals surface area contributed by atoms with Crippen LogP contribution in [0.1, 0.15) is 32.6 Å². The summed E-state index contributed by atoms with van der Waals surface area (Å²) in [5.74, 6) is -3.79. The molecular weight excluding hydrogens is 452 g/mol. The predicted octanol–water partition coefficient (Wildman–Crippen LogP) is -5.03. The molecule has 0 saturated heterocycles. The van der Waals surface area contributed by atoms with Crippen molar-refractivity contribution in [1.82, 2.24) is 16.0 Å². The summed E-state index contributed by atoms with van der Waals surface area (Å²) in [5, 5.41) is 25.5. The van der Waals surface area contributed by atoms with Crippen LogP contribution in [0.25, 0.3) is 0 Å². The number of carbonyl (C=O) groups excluding carboxylic acids is 3. The Morgan fingerprint density at radius 2 is 1.26 bits per heavy atom. The van der Waals surface area contributed by atoms with Gasteiger partial charge in [0, 0.05) is 13.1 Å². The number of carbonyl (C=O) groups is 4. The van der Waals surface area contributed by atoms with Crippen LogP contribution in [0, 0.1) is 0 Å². The lowest BCUT2D eigenvalue weighted by Crippen LogP contribution is -2.56. The zero-order valence-corrected chi connectivity index (χ0v) is 19.1. The zero-order valence-electron chi connectivity index (χ0n) is 19.1. The minimum Gasteiger partial charge on any atom is -0.480 e. The van der Waals surface area contributed by atoms with Gasteiger partial charge in [0.05, 0.1) is 6.61 Å². The maximum Gasteiger partial charge on any atom is 0.326 e. The third kappa shape index (κ3) is 13.0. The molecular formula is C18H36N10O6. The minimum atomic E-state index is -1.28. The molecule has 0 bridgehead atoms. The molecule has 0 spiro atoms. The van der Waals surface area contributed by atoms with Crippen molar-refractivity contribution in [2.24, 2.45) is 38.7 Å². The van der Waals surface area contributed by atoms with Crippen LogP contribution >= 0.6 is 0 Å². The topological polar surface area (TPSA) is 300 Å². The molecule has 0 aliphatic heterocycles. The van der Waals surface area contributed by atoms with Gasteiger partial charge in [-0.25, -0.2) is 4.79 Å². The van der Waals surface area contributed by atoms with Crippen LogP contribution in [0.2, 0.25) is 0 Å². The quantitative estimate of drug-likeness (QED) is 0.0556. The highest BCUT2D eigenvalue weighted by Crippen LogP contribution is 2.04. The summed E-state index contributed by atoms with van der Waals surface area (Å²) in [6.07, 6.45) is 0.684. The number of carboxylic acids is 1. The summed E-state index contributed by atoms with van der Waals surface area (Å²) < 4.78 is 0. The fourth-order valence-corrected chi connectivity index (χ4v) is 2.57. The SMILES string of the molecule is CC(NC(=O)C(N)CO)C(=O)NC(CCCN=C(N)N)C(=O)NC(CCCN=C(N)N)C(=O)O. The second kappa shape index (κ2) is 16.0. The third-order valence-electron chi connectivity index (χ3n) is 4.42. The van der Waals surface area contributed by atoms with Crippen molar-refractivity contribution in [2.45, 2.75) is 56.8 Å². The molecule has 34 heavy (non-hydrogen) atoms. The zero-order chi connectivity index (χ0) is 26.3. The van der Waals surface area contributed by atoms with Gasteiger partial charge in [-0.05, 0) is 32.6 Å². The van der Waals surface area contributed by atoms with E-state index >= 15 is 0 Å². The van der Waals surface area contributed by atoms with Crippen LogP contribution in [-0.4, -0.2) is 89.7 Å². The van der Waals surface area contributed by atoms with Gasteiger partial charge in [-0.15, -0.1) is 0 Å². The van der Waals surface area contributed by atoms with Gasteiger partial charge in [0.1, 0.15) is 24.2 Å². The van der Waals surface area contributed by atoms with Gasteiger partial charge in [0.2, 0.25) is 17.7 Å². The number of nitrogens with two attached hydrogens (primary N) is 5. The smallest absolute Gasteiger partial charge is 0.326 e. The van der Waals surface area contributed by atoms with E-state index in [0.717, 1.165) is 0 Å². The Labute approximate surface area is 196 Å². The highest BCUT2D eigenvalue weighted by molar-refractivity contribution is 5.93. The van der Waals surface area contributed by atoms with E-state index in [9.17, 15) is 24.3 Å². The number of nitrogens with one attached hydrogen (secondary N) is 3. The lowest BCUT2D eigenvalue weighted by molar-refractivity contribution is -0.142. The molecule has 0 rings (SSSR count). The van der Waals surface area contributed by atoms with Crippen LogP contribution in [0.15, 0.2) is 9.98 Å². The molecule has 4 atom stereocenters. The predicted molar refractivity (Wildman–Crippen MR) is 124 cm³/mol. The van der Waals surface area contributed by atoms with Gasteiger partial charge in [0.15, 0.2) is 11.9 Å². The number of nitrogens with zero attached hydrogens (tertiary/aromatic N) is 2. The molecule has 194 valence electrons. The average molecular weight is 489 g/mol. The molecule has 0 aliphatic rings. The number of guanidine groups is 2. The van der Waals surface area contributed by atoms with Gasteiger partial charge in [-0.2, -0.15) is 0 Å². The fourth-order valence-electron chi connectivity index (χ4n) is 2.57. The molecule has 0 aliphatic carbocycles. The summed E-state index contributed by atoms with van der Waals surface area (Å²) in [6.45, 7) is 1.08. The van der Waals surface area contributed by atoms with E-state index < -0.39 is 54.5 Å². The van der Waals surface area contributed by atoms with E-state index in [2.05, 4.69) is 25.9 Å². The van der Waals surface area contributed by atoms with Crippen LogP contribution in [0.4, 0.5) is 0 Å². The number of hydrogen-bond donors (Lipinski definition) is 10. The Balaban J connectivity index is 5.24. The fraction of sp³-hybridized carbons (Fsp3) is 0.667. The molecule has 0 heterocycles. The second-order valence-corrected chi connectivity index (χ2v) is 7.38. The number of rotatable bonds is 16. The van der Waals surface area contributed by atoms with E-state index in [4.69, 9.17) is 33.8 Å². The Kier molecular flexibility index (Phi) is 14.3. The number of aliphatic hydroxyl groups is 1. The van der Waals surface area contributed by atoms with Gasteiger partial charge in [-0.1, -0.05) is 0 Å². The summed E-state index contributed by atoms with van der Waals surface area (Å²) in [5.41, 5.74) is 26.4. The van der Waals surface area contributed by atoms with E-state index in [1.54, 1.807) is 0 Å². The summed E-state index contributed by atoms with van der Waals surface area (Å²) in [6, 6.07) is -4.71. The Morgan fingerprint density at radius 1 is 0.794 bits per heavy atom. The first kappa shape index (κ1) is 30.3. The van der Waals surface area contributed by atoms with Crippen molar-refractivity contribution >= 4 is 35.6 Å². The molecule has 16 nitrogen and oxygen atoms in total. The van der Waals surface area contributed by atoms with Gasteiger partial charge >= 0.3 is 5.97 Å². The van der Waals surface area contributed by atoms with E-state index in [1.165, 1.54) is 6.92 Å². The summed E-state index contributed by atoms with van der Waals surface area (Å²) in [7, 11) is 0. The first-order valence-electron chi connectivity index (χ1n) is 10.5. The standard InChI is InChI=1S/C18H36N10O6/c1-9(26-14(31)10(19)8-29)13(30)27-11(4-2-6-24-17(20)21)15(32)28-12(16(33)34)5-3-7-25-18(22)23/h9-12,29H,2-8,19H2,1H3,(H,26,31)(H,27,30)(H,28,32)(H,33,34)(H4,20,21,24)(H4,22,23,25). The molecule has 0 radical (unpaired) electrons. The minimum absolute atomic E-state index is 0.0397. The number of aliphatic hydroxyl groups excluding tert-OH is 1. The Morgan fingerprint density at radius 3 is 1.71 bits per heavy atom. The molecule has 4 unspecified atom stereocenters. The van der Waals surface area contributed by atoms with Crippen molar-refractivity contribution < 1.29 is 29.4 Å². The molecule has 0 aromatic rings. The largest absolute Gasteiger partial charge is 0.480 e. The Hall–Kier alpha value is -3.66. The molecule has 0 saturated carbocycles. The van der Waals surface area contributed by atoms with Gasteiger partial charge in [0.25, 0.3) is 0 Å². The monoisotopic (exact) mass is 488 g/mol. The maximum absolute atomic E-state index is 12.8. The highest BCUT2D eigenvalue weighted by Gasteiger charge is 2.28. The van der Waals surface area contributed by atoms with Crippen molar-refractivity contribution in [3.05, 3.63) is 0 Å². The highest BCUT2D eigenvalue weighted by atomic mass is 16.4. The number of amides is 3. The molecule has 16 heteroatoms. The lowest BCUT2D eigenvalue weighted by atomic mass is 10.1. The van der Waals surface area contributed by atoms with Crippen molar-refractivity contribution in [3.8, 4) is 0 Å². The number of aliphatic imine (C=N–C) groups is 2. The molecule has 0 aromatic heterocycles. The summed E-state index contributed by atoms with van der Waals surface area (Å²) in [4.78, 5) is 56.2. The Bertz CT molecular complexity index is 752. The first-order chi connectivity index (χ1) is 15.9. The van der Waals surface area contributed by atoms with Crippen LogP contribution < -0.4 is 44.6 Å². The number of hydrogen-bond acceptors (Lipinski definition) is 8. The third-order valence-corrected chi connectivity index (χ3v) is 4.42. The van der Waals surface area contributed by atoms with Crippen LogP contribution in [-0.2, 0) is 19.2 Å². The number of aliphatic carboxylic acids is 1. The molecule has 0 aromatic carbocycles. The van der Waals surface area contributed by atoms with Crippen molar-refractivity contribution in [1.29, 1.82) is 0 Å². The van der Waals surface area contributed by atoms with Gasteiger partial charge < -0.3 is 54.8 Å². The summed E-state index contributed by atoms with van der Waals surface area (Å²) >= 11 is 0. The van der Waals surface area contributed by atoms with E-state index in [-0.39, 0.29) is 50.7 Å². The van der Waals surface area contributed by atoms with E-state index in [0.29, 0.717) is 0 Å². The average Bonchev–Trinajstić information content (AvgIpc) is 2.76. The van der Waals surface area contributed by atoms with Gasteiger partial charge in [-0.3, -0.25) is 24.4 Å². The second-order valence-electron chi connectivity index (χ2n) is 7.38. The lowest BCUT2D eigenvalue weighted by Gasteiger charge is -2.23. The van der Waals surface area contributed by atoms with Crippen molar-refractivity contribution in [2.75, 3.05) is 19.7 Å². The van der Waals surface area contributed by atoms with Crippen molar-refractivity contribution in [3.63, 3.8) is 0 Å².